The number of aliphatic hydroxyl groups excluding tert-OH is 4. The molecule has 1 fully saturated rings. The Hall–Kier alpha value is -2.85. The highest BCUT2D eigenvalue weighted by Gasteiger charge is 2.44. The van der Waals surface area contributed by atoms with Crippen LogP contribution in [0.25, 0.3) is 0 Å². The number of carbonyl (C=O) groups excluding carboxylic acids is 2. The number of urea groups is 1. The van der Waals surface area contributed by atoms with E-state index < -0.39 is 66.4 Å². The molecule has 2 heterocycles. The van der Waals surface area contributed by atoms with Crippen molar-refractivity contribution in [3.05, 3.63) is 32.9 Å². The molecule has 0 aromatic carbocycles. The van der Waals surface area contributed by atoms with Crippen molar-refractivity contribution in [1.29, 1.82) is 0 Å². The van der Waals surface area contributed by atoms with Crippen molar-refractivity contribution < 1.29 is 39.1 Å². The van der Waals surface area contributed by atoms with E-state index >= 15 is 0 Å². The summed E-state index contributed by atoms with van der Waals surface area (Å²) in [4.78, 5) is 47.9. The lowest BCUT2D eigenvalue weighted by Crippen LogP contribution is -2.65. The van der Waals surface area contributed by atoms with Crippen LogP contribution in [-0.4, -0.2) is 92.4 Å². The summed E-state index contributed by atoms with van der Waals surface area (Å²) in [5.41, 5.74) is -2.26. The molecule has 1 aliphatic rings. The predicted octanol–water partition coefficient (Wildman–Crippen LogP) is -3.11. The van der Waals surface area contributed by atoms with E-state index in [1.807, 2.05) is 0 Å². The molecule has 0 aliphatic carbocycles. The Morgan fingerprint density at radius 2 is 1.70 bits per heavy atom. The number of aromatic amines is 1. The molecule has 1 aromatic rings. The average Bonchev–Trinajstić information content (AvgIpc) is 2.77. The maximum absolute atomic E-state index is 13.2. The highest BCUT2D eigenvalue weighted by atomic mass is 19.1. The fourth-order valence-corrected chi connectivity index (χ4v) is 3.14. The van der Waals surface area contributed by atoms with Gasteiger partial charge in [0.2, 0.25) is 5.82 Å². The van der Waals surface area contributed by atoms with E-state index in [4.69, 9.17) is 9.84 Å². The summed E-state index contributed by atoms with van der Waals surface area (Å²) in [5.74, 6) is -1.26. The Morgan fingerprint density at radius 3 is 2.33 bits per heavy atom. The Kier molecular flexibility index (Phi) is 9.93. The molecule has 1 aliphatic heterocycles. The molecule has 2 rings (SSSR count). The average molecular weight is 477 g/mol. The first-order valence-corrected chi connectivity index (χ1v) is 10.3. The van der Waals surface area contributed by atoms with Crippen LogP contribution in [0.4, 0.5) is 14.0 Å². The number of hydrogen-bond acceptors (Lipinski definition) is 9. The van der Waals surface area contributed by atoms with Crippen molar-refractivity contribution in [1.82, 2.24) is 25.5 Å². The van der Waals surface area contributed by atoms with E-state index in [1.54, 1.807) is 4.98 Å². The van der Waals surface area contributed by atoms with Crippen LogP contribution < -0.4 is 27.2 Å². The second-order valence-electron chi connectivity index (χ2n) is 7.41. The van der Waals surface area contributed by atoms with Crippen LogP contribution in [0, 0.1) is 5.82 Å². The molecular formula is C18H28FN5O9. The smallest absolute Gasteiger partial charge is 0.336 e. The zero-order valence-electron chi connectivity index (χ0n) is 17.6. The molecule has 0 spiro atoms. The predicted molar refractivity (Wildman–Crippen MR) is 109 cm³/mol. The Labute approximate surface area is 186 Å². The molecule has 0 saturated carbocycles. The highest BCUT2D eigenvalue weighted by molar-refractivity contribution is 5.76. The van der Waals surface area contributed by atoms with E-state index in [-0.39, 0.29) is 13.1 Å². The van der Waals surface area contributed by atoms with Gasteiger partial charge in [-0.25, -0.2) is 19.0 Å². The lowest BCUT2D eigenvalue weighted by atomic mass is 9.97. The van der Waals surface area contributed by atoms with Crippen molar-refractivity contribution in [3.8, 4) is 0 Å². The van der Waals surface area contributed by atoms with Gasteiger partial charge in [0.15, 0.2) is 6.29 Å². The number of amides is 3. The van der Waals surface area contributed by atoms with Gasteiger partial charge >= 0.3 is 17.8 Å². The van der Waals surface area contributed by atoms with Gasteiger partial charge in [-0.15, -0.1) is 0 Å². The van der Waals surface area contributed by atoms with E-state index in [0.29, 0.717) is 36.4 Å². The van der Waals surface area contributed by atoms with E-state index in [2.05, 4.69) is 16.0 Å². The number of aromatic nitrogens is 2. The summed E-state index contributed by atoms with van der Waals surface area (Å²) in [6.07, 6.45) is -2.81. The number of halogens is 1. The first-order chi connectivity index (χ1) is 15.6. The summed E-state index contributed by atoms with van der Waals surface area (Å²) < 4.78 is 18.6. The van der Waals surface area contributed by atoms with Crippen molar-refractivity contribution >= 4 is 12.1 Å². The molecule has 0 bridgehead atoms. The molecule has 14 nitrogen and oxygen atoms in total. The number of nitrogens with one attached hydrogen (secondary N) is 4. The van der Waals surface area contributed by atoms with Crippen LogP contribution in [-0.2, 0) is 4.74 Å². The van der Waals surface area contributed by atoms with Crippen LogP contribution in [0.5, 0.6) is 0 Å². The van der Waals surface area contributed by atoms with Gasteiger partial charge in [0.1, 0.15) is 24.4 Å². The van der Waals surface area contributed by atoms with Gasteiger partial charge in [-0.05, 0) is 12.8 Å². The molecule has 3 amide bonds. The van der Waals surface area contributed by atoms with Gasteiger partial charge < -0.3 is 41.1 Å². The SMILES string of the molecule is O=C(NCCCCCCNC(=O)n1cc(F)c(=O)[nH]c1=O)N[C@H]1[C@@H](O)[C@H](O)[C@H](CO)O[C@@H]1O. The van der Waals surface area contributed by atoms with Crippen LogP contribution in [0.1, 0.15) is 25.7 Å². The first kappa shape index (κ1) is 26.4. The van der Waals surface area contributed by atoms with Crippen molar-refractivity contribution in [2.24, 2.45) is 0 Å². The summed E-state index contributed by atoms with van der Waals surface area (Å²) >= 11 is 0. The largest absolute Gasteiger partial charge is 0.394 e. The quantitative estimate of drug-likeness (QED) is 0.169. The van der Waals surface area contributed by atoms with E-state index in [1.165, 1.54) is 0 Å². The minimum atomic E-state index is -1.61. The lowest BCUT2D eigenvalue weighted by Gasteiger charge is -2.40. The summed E-state index contributed by atoms with van der Waals surface area (Å²) in [6, 6.07) is -2.85. The summed E-state index contributed by atoms with van der Waals surface area (Å²) in [7, 11) is 0. The highest BCUT2D eigenvalue weighted by Crippen LogP contribution is 2.19. The molecule has 186 valence electrons. The first-order valence-electron chi connectivity index (χ1n) is 10.3. The monoisotopic (exact) mass is 477 g/mol. The molecular weight excluding hydrogens is 449 g/mol. The fourth-order valence-electron chi connectivity index (χ4n) is 3.14. The number of rotatable bonds is 9. The number of aliphatic hydroxyl groups is 4. The molecule has 0 unspecified atom stereocenters. The van der Waals surface area contributed by atoms with Gasteiger partial charge in [-0.1, -0.05) is 12.8 Å². The van der Waals surface area contributed by atoms with Crippen LogP contribution in [0.2, 0.25) is 0 Å². The zero-order valence-corrected chi connectivity index (χ0v) is 17.6. The number of nitrogens with zero attached hydrogens (tertiary/aromatic N) is 1. The third-order valence-corrected chi connectivity index (χ3v) is 4.98. The van der Waals surface area contributed by atoms with Gasteiger partial charge in [0.25, 0.3) is 5.56 Å². The van der Waals surface area contributed by atoms with Gasteiger partial charge in [-0.3, -0.25) is 9.78 Å². The topological polar surface area (TPSA) is 215 Å². The molecule has 1 aromatic heterocycles. The second kappa shape index (κ2) is 12.4. The minimum Gasteiger partial charge on any atom is -0.394 e. The maximum atomic E-state index is 13.2. The van der Waals surface area contributed by atoms with Crippen LogP contribution >= 0.6 is 0 Å². The maximum Gasteiger partial charge on any atom is 0.336 e. The number of unbranched alkanes of at least 4 members (excludes halogenated alkanes) is 3. The summed E-state index contributed by atoms with van der Waals surface area (Å²) in [5, 5.41) is 45.9. The minimum absolute atomic E-state index is 0.203. The molecule has 0 radical (unpaired) electrons. The standard InChI is InChI=1S/C18H28FN5O9/c19-9-7-24(18(32)23-14(9)28)17(31)21-6-4-2-1-3-5-20-16(30)22-11-13(27)12(26)10(8-25)33-15(11)29/h7,10-13,15,25-27,29H,1-6,8H2,(H,21,31)(H2,20,22,30)(H,23,28,32)/t10-,11-,12+,13+,15-/m0/s1. The van der Waals surface area contributed by atoms with Crippen molar-refractivity contribution in [2.45, 2.75) is 56.3 Å². The Bertz CT molecular complexity index is 923. The third-order valence-electron chi connectivity index (χ3n) is 4.98. The van der Waals surface area contributed by atoms with Gasteiger partial charge in [0, 0.05) is 13.1 Å². The number of carbonyl (C=O) groups is 2. The molecule has 5 atom stereocenters. The Balaban J connectivity index is 1.59. The number of ether oxygens (including phenoxy) is 1. The van der Waals surface area contributed by atoms with Crippen LogP contribution in [0.3, 0.4) is 0 Å². The second-order valence-corrected chi connectivity index (χ2v) is 7.41. The zero-order chi connectivity index (χ0) is 24.5. The molecule has 8 N–H and O–H groups in total. The van der Waals surface area contributed by atoms with E-state index in [9.17, 15) is 38.9 Å². The normalized spacial score (nSPS) is 24.8. The fraction of sp³-hybridized carbons (Fsp3) is 0.667. The lowest BCUT2D eigenvalue weighted by molar-refractivity contribution is -0.252. The van der Waals surface area contributed by atoms with Gasteiger partial charge in [0.05, 0.1) is 12.8 Å². The third kappa shape index (κ3) is 7.33. The van der Waals surface area contributed by atoms with Crippen molar-refractivity contribution in [3.63, 3.8) is 0 Å². The molecule has 33 heavy (non-hydrogen) atoms. The van der Waals surface area contributed by atoms with Crippen LogP contribution in [0.15, 0.2) is 15.8 Å². The molecule has 1 saturated heterocycles. The summed E-state index contributed by atoms with van der Waals surface area (Å²) in [6.45, 7) is -0.136. The number of H-pyrrole nitrogens is 1. The van der Waals surface area contributed by atoms with Crippen molar-refractivity contribution in [2.75, 3.05) is 19.7 Å². The number of hydrogen-bond donors (Lipinski definition) is 8. The Morgan fingerprint density at radius 1 is 1.06 bits per heavy atom. The van der Waals surface area contributed by atoms with E-state index in [0.717, 1.165) is 0 Å². The van der Waals surface area contributed by atoms with Gasteiger partial charge in [-0.2, -0.15) is 4.39 Å². The molecule has 15 heteroatoms.